The van der Waals surface area contributed by atoms with Gasteiger partial charge in [-0.2, -0.15) is 0 Å². The number of amides is 1. The fraction of sp³-hybridized carbons (Fsp3) is 0.545. The molecular formula is C22H28BrClFN5O2S. The summed E-state index contributed by atoms with van der Waals surface area (Å²) in [5.74, 6) is 0.554. The number of thioether (sulfide) groups is 1. The molecule has 0 unspecified atom stereocenters. The van der Waals surface area contributed by atoms with Crippen molar-refractivity contribution in [2.24, 2.45) is 0 Å². The van der Waals surface area contributed by atoms with Gasteiger partial charge >= 0.3 is 6.09 Å². The molecule has 0 N–H and O–H groups in total. The highest BCUT2D eigenvalue weighted by atomic mass is 79.9. The van der Waals surface area contributed by atoms with E-state index < -0.39 is 11.4 Å². The second kappa shape index (κ2) is 10.3. The largest absolute Gasteiger partial charge is 0.444 e. The van der Waals surface area contributed by atoms with Gasteiger partial charge in [-0.3, -0.25) is 0 Å². The van der Waals surface area contributed by atoms with Crippen molar-refractivity contribution in [2.45, 2.75) is 63.9 Å². The van der Waals surface area contributed by atoms with E-state index in [0.717, 1.165) is 5.75 Å². The first-order valence-electron chi connectivity index (χ1n) is 10.7. The summed E-state index contributed by atoms with van der Waals surface area (Å²) in [5.41, 5.74) is -0.482. The Bertz CT molecular complexity index is 1070. The van der Waals surface area contributed by atoms with E-state index in [9.17, 15) is 9.18 Å². The van der Waals surface area contributed by atoms with Crippen molar-refractivity contribution in [3.05, 3.63) is 28.2 Å². The summed E-state index contributed by atoms with van der Waals surface area (Å²) < 4.78 is 20.9. The summed E-state index contributed by atoms with van der Waals surface area (Å²) in [6.45, 7) is 14.4. The van der Waals surface area contributed by atoms with E-state index in [-0.39, 0.29) is 28.8 Å². The molecule has 1 aliphatic rings. The average Bonchev–Trinajstić information content (AvgIpc) is 3.10. The van der Waals surface area contributed by atoms with E-state index in [4.69, 9.17) is 21.3 Å². The molecule has 2 aromatic rings. The van der Waals surface area contributed by atoms with Gasteiger partial charge in [0.05, 0.1) is 17.5 Å². The number of anilines is 1. The summed E-state index contributed by atoms with van der Waals surface area (Å²) in [5, 5.41) is 0.617. The molecule has 1 aliphatic heterocycles. The molecule has 1 fully saturated rings. The molecule has 0 spiro atoms. The van der Waals surface area contributed by atoms with Gasteiger partial charge in [0.2, 0.25) is 0 Å². The van der Waals surface area contributed by atoms with Gasteiger partial charge in [0.1, 0.15) is 21.5 Å². The Hall–Kier alpha value is -1.65. The Kier molecular flexibility index (Phi) is 8.11. The molecular weight excluding hydrogens is 533 g/mol. The number of likely N-dealkylation sites (tertiary alicyclic amines) is 1. The molecule has 0 bridgehead atoms. The molecule has 0 radical (unpaired) electrons. The molecule has 0 saturated carbocycles. The smallest absolute Gasteiger partial charge is 0.410 e. The summed E-state index contributed by atoms with van der Waals surface area (Å²) in [6, 6.07) is -0.269. The number of hydrogen-bond acceptors (Lipinski definition) is 7. The van der Waals surface area contributed by atoms with Crippen molar-refractivity contribution >= 4 is 62.1 Å². The predicted octanol–water partition coefficient (Wildman–Crippen LogP) is 6.08. The zero-order valence-electron chi connectivity index (χ0n) is 19.4. The highest BCUT2D eigenvalue weighted by Crippen LogP contribution is 2.38. The average molecular weight is 561 g/mol. The molecule has 7 nitrogen and oxygen atoms in total. The molecule has 0 aromatic carbocycles. The molecule has 3 rings (SSSR count). The fourth-order valence-electron chi connectivity index (χ4n) is 3.90. The topological polar surface area (TPSA) is 71.5 Å². The molecule has 0 aliphatic carbocycles. The van der Waals surface area contributed by atoms with E-state index in [1.807, 2.05) is 39.5 Å². The molecule has 1 saturated heterocycles. The first kappa shape index (κ1) is 26.0. The van der Waals surface area contributed by atoms with Crippen LogP contribution in [-0.4, -0.2) is 62.5 Å². The maximum Gasteiger partial charge on any atom is 0.410 e. The molecule has 11 heteroatoms. The first-order chi connectivity index (χ1) is 15.5. The van der Waals surface area contributed by atoms with E-state index in [1.165, 1.54) is 11.8 Å². The van der Waals surface area contributed by atoms with Gasteiger partial charge in [0, 0.05) is 13.1 Å². The Morgan fingerprint density at radius 1 is 1.42 bits per heavy atom. The third-order valence-corrected chi connectivity index (χ3v) is 6.83. The number of fused-ring (bicyclic) bond motifs is 1. The van der Waals surface area contributed by atoms with Crippen molar-refractivity contribution in [3.8, 4) is 0 Å². The fourth-order valence-corrected chi connectivity index (χ4v) is 5.29. The first-order valence-corrected chi connectivity index (χ1v) is 12.9. The third-order valence-electron chi connectivity index (χ3n) is 5.27. The zero-order valence-corrected chi connectivity index (χ0v) is 22.5. The SMILES string of the molecule is C=CCN(c1nc(SCC)nc2c(F)c(Cl)nc(Br)c12)[C@@H]1CCN(C(=O)OC(C)(C)C)[C@@H]1C. The molecule has 1 amide bonds. The van der Waals surface area contributed by atoms with Crippen LogP contribution in [-0.2, 0) is 4.74 Å². The summed E-state index contributed by atoms with van der Waals surface area (Å²) in [4.78, 5) is 29.8. The van der Waals surface area contributed by atoms with E-state index in [1.54, 1.807) is 11.0 Å². The van der Waals surface area contributed by atoms with Gasteiger partial charge in [-0.15, -0.1) is 6.58 Å². The maximum absolute atomic E-state index is 15.0. The highest BCUT2D eigenvalue weighted by molar-refractivity contribution is 9.10. The van der Waals surface area contributed by atoms with Crippen LogP contribution in [0.1, 0.15) is 41.0 Å². The monoisotopic (exact) mass is 559 g/mol. The van der Waals surface area contributed by atoms with Gasteiger partial charge in [0.15, 0.2) is 16.1 Å². The van der Waals surface area contributed by atoms with Crippen molar-refractivity contribution in [2.75, 3.05) is 23.7 Å². The van der Waals surface area contributed by atoms with Crippen LogP contribution >= 0.6 is 39.3 Å². The lowest BCUT2D eigenvalue weighted by atomic mass is 10.1. The minimum atomic E-state index is -0.690. The Balaban J connectivity index is 2.10. The van der Waals surface area contributed by atoms with Crippen LogP contribution in [0.25, 0.3) is 10.9 Å². The number of aromatic nitrogens is 3. The molecule has 180 valence electrons. The number of halogens is 3. The van der Waals surface area contributed by atoms with Gasteiger partial charge in [-0.1, -0.05) is 36.4 Å². The van der Waals surface area contributed by atoms with Gasteiger partial charge in [-0.05, 0) is 55.8 Å². The number of carbonyl (C=O) groups excluding carboxylic acids is 1. The lowest BCUT2D eigenvalue weighted by Crippen LogP contribution is -2.47. The molecule has 33 heavy (non-hydrogen) atoms. The molecule has 2 atom stereocenters. The quantitative estimate of drug-likeness (QED) is 0.183. The van der Waals surface area contributed by atoms with Gasteiger partial charge in [-0.25, -0.2) is 24.1 Å². The number of ether oxygens (including phenoxy) is 1. The third kappa shape index (κ3) is 5.54. The molecule has 2 aromatic heterocycles. The lowest BCUT2D eigenvalue weighted by molar-refractivity contribution is 0.0233. The van der Waals surface area contributed by atoms with Crippen molar-refractivity contribution in [3.63, 3.8) is 0 Å². The predicted molar refractivity (Wildman–Crippen MR) is 135 cm³/mol. The van der Waals surface area contributed by atoms with Crippen molar-refractivity contribution < 1.29 is 13.9 Å². The van der Waals surface area contributed by atoms with E-state index in [0.29, 0.717) is 40.5 Å². The van der Waals surface area contributed by atoms with E-state index >= 15 is 0 Å². The Morgan fingerprint density at radius 3 is 2.73 bits per heavy atom. The van der Waals surface area contributed by atoms with Crippen molar-refractivity contribution in [1.29, 1.82) is 0 Å². The van der Waals surface area contributed by atoms with Crippen LogP contribution in [0.5, 0.6) is 0 Å². The standard InChI is InChI=1S/C22H28BrClFN5O2S/c1-7-10-30(13-9-11-29(12(13)3)21(31)32-22(4,5)6)19-14-16(26-20(28-19)33-8-2)15(25)18(24)27-17(14)23/h7,12-13H,1,8-11H2,2-6H3/t12-,13-/m1/s1. The minimum Gasteiger partial charge on any atom is -0.444 e. The van der Waals surface area contributed by atoms with Crippen LogP contribution in [0.3, 0.4) is 0 Å². The van der Waals surface area contributed by atoms with Crippen LogP contribution < -0.4 is 4.90 Å². The highest BCUT2D eigenvalue weighted by Gasteiger charge is 2.40. The number of pyridine rings is 1. The minimum absolute atomic E-state index is 0.0984. The second-order valence-electron chi connectivity index (χ2n) is 8.71. The number of carbonyl (C=O) groups is 1. The summed E-state index contributed by atoms with van der Waals surface area (Å²) in [7, 11) is 0. The number of rotatable bonds is 6. The van der Waals surface area contributed by atoms with Crippen LogP contribution in [0, 0.1) is 5.82 Å². The lowest BCUT2D eigenvalue weighted by Gasteiger charge is -2.35. The normalized spacial score (nSPS) is 18.6. The number of nitrogens with zero attached hydrogens (tertiary/aromatic N) is 5. The van der Waals surface area contributed by atoms with Crippen LogP contribution in [0.15, 0.2) is 22.4 Å². The van der Waals surface area contributed by atoms with Gasteiger partial charge in [0.25, 0.3) is 0 Å². The van der Waals surface area contributed by atoms with Gasteiger partial charge < -0.3 is 14.5 Å². The Labute approximate surface area is 211 Å². The zero-order chi connectivity index (χ0) is 24.5. The Morgan fingerprint density at radius 2 is 2.12 bits per heavy atom. The van der Waals surface area contributed by atoms with Crippen molar-refractivity contribution in [1.82, 2.24) is 19.9 Å². The van der Waals surface area contributed by atoms with Crippen LogP contribution in [0.4, 0.5) is 15.0 Å². The summed E-state index contributed by atoms with van der Waals surface area (Å²) >= 11 is 10.8. The maximum atomic E-state index is 15.0. The molecule has 3 heterocycles. The van der Waals surface area contributed by atoms with Crippen LogP contribution in [0.2, 0.25) is 5.15 Å². The number of hydrogen-bond donors (Lipinski definition) is 0. The summed E-state index contributed by atoms with van der Waals surface area (Å²) in [6.07, 6.45) is 2.10. The second-order valence-corrected chi connectivity index (χ2v) is 11.0. The van der Waals surface area contributed by atoms with E-state index in [2.05, 4.69) is 32.5 Å².